The Hall–Kier alpha value is -4.05. The fourth-order valence-electron chi connectivity index (χ4n) is 3.28. The molecule has 4 rings (SSSR count). The molecule has 2 unspecified atom stereocenters. The average molecular weight is 534 g/mol. The quantitative estimate of drug-likeness (QED) is 0.138. The van der Waals surface area contributed by atoms with E-state index in [-0.39, 0.29) is 27.8 Å². The van der Waals surface area contributed by atoms with Gasteiger partial charge in [0.2, 0.25) is 17.6 Å². The minimum Gasteiger partial charge on any atom is -0.545 e. The molecule has 2 amide bonds. The first-order valence-electron chi connectivity index (χ1n) is 10.3. The molecule has 0 saturated carbocycles. The number of hydrogen-bond donors (Lipinski definition) is 3. The second-order valence-corrected chi connectivity index (χ2v) is 9.60. The van der Waals surface area contributed by atoms with E-state index in [9.17, 15) is 24.3 Å². The van der Waals surface area contributed by atoms with Crippen LogP contribution in [0.5, 0.6) is 0 Å². The molecule has 14 nitrogen and oxygen atoms in total. The number of hydrogen-bond acceptors (Lipinski definition) is 12. The molecular weight excluding hydrogens is 514 g/mol. The number of nitrogens with two attached hydrogens (primary N) is 1. The number of aliphatic carboxylic acids is 1. The molecule has 0 spiro atoms. The summed E-state index contributed by atoms with van der Waals surface area (Å²) in [6.45, 7) is 1.68. The van der Waals surface area contributed by atoms with Gasteiger partial charge >= 0.3 is 5.97 Å². The first-order valence-corrected chi connectivity index (χ1v) is 12.2. The molecule has 0 aromatic carbocycles. The summed E-state index contributed by atoms with van der Waals surface area (Å²) in [6.07, 6.45) is 3.59. The lowest BCUT2D eigenvalue weighted by atomic mass is 10.1. The summed E-state index contributed by atoms with van der Waals surface area (Å²) in [6, 6.07) is 2.01. The molecule has 4 heterocycles. The summed E-state index contributed by atoms with van der Waals surface area (Å²) >= 11 is 2.26. The Kier molecular flexibility index (Phi) is 7.16. The molecular formula is C20H19N7O7S2. The normalized spacial score (nSPS) is 20.0. The highest BCUT2D eigenvalue weighted by atomic mass is 32.2. The Morgan fingerprint density at radius 2 is 2.14 bits per heavy atom. The fraction of sp³-hybridized carbons (Fsp3) is 0.300. The molecule has 2 aliphatic rings. The van der Waals surface area contributed by atoms with E-state index in [0.29, 0.717) is 12.3 Å². The molecule has 0 aliphatic carbocycles. The van der Waals surface area contributed by atoms with Crippen molar-refractivity contribution < 1.29 is 38.8 Å². The van der Waals surface area contributed by atoms with Gasteiger partial charge in [0.15, 0.2) is 24.1 Å². The Morgan fingerprint density at radius 3 is 2.75 bits per heavy atom. The van der Waals surface area contributed by atoms with Crippen LogP contribution in [0.4, 0.5) is 5.13 Å². The monoisotopic (exact) mass is 533 g/mol. The predicted molar refractivity (Wildman–Crippen MR) is 123 cm³/mol. The smallest absolute Gasteiger partial charge is 0.347 e. The van der Waals surface area contributed by atoms with Crippen LogP contribution in [0.2, 0.25) is 0 Å². The SMILES string of the molecule is CC(ON=C(C(=O)NC1C(=O)N2C=C(C[n+]3ccc(C(=O)[O-])cc3)CS[C@H]12)c1nsc(N)n1)C(=O)O. The molecule has 1 saturated heterocycles. The molecule has 4 N–H and O–H groups in total. The third kappa shape index (κ3) is 5.28. The highest BCUT2D eigenvalue weighted by Crippen LogP contribution is 2.36. The van der Waals surface area contributed by atoms with Crippen LogP contribution in [0.25, 0.3) is 0 Å². The number of carboxylic acid groups (broad SMARTS) is 2. The summed E-state index contributed by atoms with van der Waals surface area (Å²) < 4.78 is 5.69. The van der Waals surface area contributed by atoms with Crippen molar-refractivity contribution in [2.24, 2.45) is 5.16 Å². The van der Waals surface area contributed by atoms with Crippen LogP contribution in [-0.2, 0) is 25.8 Å². The van der Waals surface area contributed by atoms with Crippen LogP contribution >= 0.6 is 23.3 Å². The number of nitrogens with one attached hydrogen (secondary N) is 1. The predicted octanol–water partition coefficient (Wildman–Crippen LogP) is -2.05. The Bertz CT molecular complexity index is 1280. The number of rotatable bonds is 9. The zero-order valence-corrected chi connectivity index (χ0v) is 20.2. The number of thioether (sulfide) groups is 1. The van der Waals surface area contributed by atoms with Gasteiger partial charge in [0.25, 0.3) is 11.8 Å². The molecule has 36 heavy (non-hydrogen) atoms. The highest BCUT2D eigenvalue weighted by molar-refractivity contribution is 8.00. The van der Waals surface area contributed by atoms with Gasteiger partial charge in [0, 0.05) is 46.8 Å². The van der Waals surface area contributed by atoms with Gasteiger partial charge in [-0.1, -0.05) is 5.16 Å². The van der Waals surface area contributed by atoms with Crippen molar-refractivity contribution >= 4 is 57.9 Å². The molecule has 1 fully saturated rings. The number of carboxylic acids is 2. The molecule has 2 aromatic heterocycles. The number of nitrogens with zero attached hydrogens (tertiary/aromatic N) is 5. The third-order valence-corrected chi connectivity index (χ3v) is 7.08. The summed E-state index contributed by atoms with van der Waals surface area (Å²) in [7, 11) is 0. The standard InChI is InChI=1S/C20H19N7O7S2/c1-9(18(30)31)34-24-12(14-23-20(21)36-25-14)15(28)22-13-16(29)27-7-10(8-35-17(13)27)6-26-4-2-11(3-5-26)19(32)33/h2-5,7,9,13,17H,6,8H2,1H3,(H4-,21,22,23,25,28,30,31,32,33)/t9?,13?,17-/m1/s1. The highest BCUT2D eigenvalue weighted by Gasteiger charge is 2.50. The molecule has 188 valence electrons. The van der Waals surface area contributed by atoms with Gasteiger partial charge in [-0.3, -0.25) is 9.59 Å². The number of nitrogen functional groups attached to an aromatic ring is 1. The summed E-state index contributed by atoms with van der Waals surface area (Å²) in [5.74, 6) is -3.30. The second kappa shape index (κ2) is 10.3. The number of anilines is 1. The summed E-state index contributed by atoms with van der Waals surface area (Å²) in [4.78, 5) is 57.8. The minimum absolute atomic E-state index is 0.0651. The van der Waals surface area contributed by atoms with E-state index in [1.807, 2.05) is 0 Å². The number of carbonyl (C=O) groups is 4. The Morgan fingerprint density at radius 1 is 1.42 bits per heavy atom. The van der Waals surface area contributed by atoms with Gasteiger partial charge in [0.1, 0.15) is 11.4 Å². The molecule has 3 atom stereocenters. The van der Waals surface area contributed by atoms with Gasteiger partial charge in [0.05, 0.1) is 5.97 Å². The van der Waals surface area contributed by atoms with Crippen molar-refractivity contribution in [1.82, 2.24) is 19.6 Å². The van der Waals surface area contributed by atoms with Crippen LogP contribution in [0, 0.1) is 0 Å². The van der Waals surface area contributed by atoms with Crippen molar-refractivity contribution in [1.29, 1.82) is 0 Å². The summed E-state index contributed by atoms with van der Waals surface area (Å²) in [5, 5.41) is 25.8. The Labute approximate surface area is 211 Å². The van der Waals surface area contributed by atoms with E-state index in [4.69, 9.17) is 15.7 Å². The van der Waals surface area contributed by atoms with Crippen molar-refractivity contribution in [3.05, 3.63) is 47.7 Å². The maximum Gasteiger partial charge on any atom is 0.347 e. The molecule has 0 bridgehead atoms. The first-order chi connectivity index (χ1) is 17.1. The molecule has 16 heteroatoms. The van der Waals surface area contributed by atoms with Crippen molar-refractivity contribution in [2.45, 2.75) is 31.0 Å². The lowest BCUT2D eigenvalue weighted by molar-refractivity contribution is -0.689. The van der Waals surface area contributed by atoms with E-state index in [1.165, 1.54) is 35.7 Å². The molecule has 2 aliphatic heterocycles. The number of oxime groups is 1. The topological polar surface area (TPSA) is 204 Å². The van der Waals surface area contributed by atoms with E-state index in [0.717, 1.165) is 17.1 Å². The largest absolute Gasteiger partial charge is 0.545 e. The first kappa shape index (κ1) is 25.1. The fourth-order valence-corrected chi connectivity index (χ4v) is 4.97. The maximum atomic E-state index is 12.9. The van der Waals surface area contributed by atoms with Crippen LogP contribution in [-0.4, -0.2) is 72.1 Å². The van der Waals surface area contributed by atoms with E-state index in [1.54, 1.807) is 23.2 Å². The number of fused-ring (bicyclic) bond motifs is 1. The van der Waals surface area contributed by atoms with Crippen LogP contribution in [0.1, 0.15) is 23.1 Å². The lowest BCUT2D eigenvalue weighted by Crippen LogP contribution is -2.69. The Balaban J connectivity index is 1.42. The minimum atomic E-state index is -1.34. The van der Waals surface area contributed by atoms with E-state index in [2.05, 4.69) is 19.8 Å². The van der Waals surface area contributed by atoms with Gasteiger partial charge < -0.3 is 35.8 Å². The summed E-state index contributed by atoms with van der Waals surface area (Å²) in [5.41, 5.74) is 6.16. The second-order valence-electron chi connectivity index (χ2n) is 7.71. The third-order valence-electron chi connectivity index (χ3n) is 5.16. The van der Waals surface area contributed by atoms with E-state index >= 15 is 0 Å². The van der Waals surface area contributed by atoms with Crippen molar-refractivity contribution in [3.63, 3.8) is 0 Å². The lowest BCUT2D eigenvalue weighted by Gasteiger charge is -2.47. The number of β-lactam (4-membered cyclic amide) rings is 1. The van der Waals surface area contributed by atoms with Gasteiger partial charge in [-0.05, 0) is 6.92 Å². The number of aromatic nitrogens is 3. The maximum absolute atomic E-state index is 12.9. The van der Waals surface area contributed by atoms with E-state index < -0.39 is 35.7 Å². The van der Waals surface area contributed by atoms with Crippen LogP contribution in [0.15, 0.2) is 41.5 Å². The van der Waals surface area contributed by atoms with Crippen LogP contribution in [0.3, 0.4) is 0 Å². The van der Waals surface area contributed by atoms with Crippen molar-refractivity contribution in [3.8, 4) is 0 Å². The van der Waals surface area contributed by atoms with Gasteiger partial charge in [-0.15, -0.1) is 11.8 Å². The average Bonchev–Trinajstić information content (AvgIpc) is 3.28. The van der Waals surface area contributed by atoms with Crippen LogP contribution < -0.4 is 20.7 Å². The number of carbonyl (C=O) groups excluding carboxylic acids is 3. The van der Waals surface area contributed by atoms with Gasteiger partial charge in [-0.25, -0.2) is 9.36 Å². The van der Waals surface area contributed by atoms with Crippen molar-refractivity contribution in [2.75, 3.05) is 11.5 Å². The zero-order valence-electron chi connectivity index (χ0n) is 18.6. The number of amides is 2. The molecule has 2 aromatic rings. The number of aromatic carboxylic acids is 1. The molecule has 0 radical (unpaired) electrons. The number of pyridine rings is 1. The zero-order chi connectivity index (χ0) is 26.0. The van der Waals surface area contributed by atoms with Gasteiger partial charge in [-0.2, -0.15) is 9.36 Å².